The zero-order chi connectivity index (χ0) is 9.47. The quantitative estimate of drug-likeness (QED) is 0.764. The van der Waals surface area contributed by atoms with Crippen molar-refractivity contribution in [1.82, 2.24) is 0 Å². The maximum atomic E-state index is 9.99. The van der Waals surface area contributed by atoms with Crippen LogP contribution in [0.2, 0.25) is 10.0 Å². The molecule has 1 fully saturated rings. The fourth-order valence-corrected chi connectivity index (χ4v) is 1.88. The lowest BCUT2D eigenvalue weighted by atomic mass is 9.75. The first-order valence-corrected chi connectivity index (χ1v) is 5.05. The molecule has 0 saturated heterocycles. The molecule has 0 spiro atoms. The van der Waals surface area contributed by atoms with Gasteiger partial charge in [0.05, 0.1) is 15.6 Å². The van der Waals surface area contributed by atoms with Crippen molar-refractivity contribution >= 4 is 23.2 Å². The normalized spacial score (nSPS) is 19.6. The van der Waals surface area contributed by atoms with Gasteiger partial charge in [-0.1, -0.05) is 29.3 Å². The molecule has 1 aromatic rings. The Morgan fingerprint density at radius 2 is 1.85 bits per heavy atom. The third-order valence-corrected chi connectivity index (χ3v) is 3.38. The van der Waals surface area contributed by atoms with Crippen LogP contribution in [0, 0.1) is 0 Å². The second-order valence-electron chi connectivity index (χ2n) is 3.51. The molecule has 0 atom stereocenters. The minimum atomic E-state index is -0.645. The van der Waals surface area contributed by atoms with Crippen LogP contribution in [0.5, 0.6) is 0 Å². The summed E-state index contributed by atoms with van der Waals surface area (Å²) >= 11 is 11.6. The van der Waals surface area contributed by atoms with Crippen LogP contribution in [0.3, 0.4) is 0 Å². The third-order valence-electron chi connectivity index (χ3n) is 2.64. The van der Waals surface area contributed by atoms with Gasteiger partial charge >= 0.3 is 0 Å². The molecular weight excluding hydrogens is 207 g/mol. The van der Waals surface area contributed by atoms with Gasteiger partial charge in [-0.3, -0.25) is 0 Å². The molecule has 0 bridgehead atoms. The van der Waals surface area contributed by atoms with Crippen LogP contribution in [0.15, 0.2) is 18.2 Å². The molecule has 2 rings (SSSR count). The van der Waals surface area contributed by atoms with Crippen LogP contribution >= 0.6 is 23.2 Å². The Morgan fingerprint density at radius 1 is 1.15 bits per heavy atom. The maximum Gasteiger partial charge on any atom is 0.0897 e. The highest BCUT2D eigenvalue weighted by Crippen LogP contribution is 2.42. The van der Waals surface area contributed by atoms with E-state index < -0.39 is 5.60 Å². The van der Waals surface area contributed by atoms with Crippen molar-refractivity contribution in [2.24, 2.45) is 0 Å². The molecule has 1 aliphatic carbocycles. The summed E-state index contributed by atoms with van der Waals surface area (Å²) in [6, 6.07) is 5.33. The molecule has 3 heteroatoms. The molecule has 1 aromatic carbocycles. The van der Waals surface area contributed by atoms with E-state index in [0.717, 1.165) is 24.8 Å². The Balaban J connectivity index is 2.36. The lowest BCUT2D eigenvalue weighted by molar-refractivity contribution is -0.0387. The SMILES string of the molecule is OC1(c2ccc(Cl)c(Cl)c2)CCC1. The van der Waals surface area contributed by atoms with Crippen LogP contribution < -0.4 is 0 Å². The molecule has 1 saturated carbocycles. The first-order chi connectivity index (χ1) is 6.12. The molecule has 0 amide bonds. The van der Waals surface area contributed by atoms with E-state index in [9.17, 15) is 5.11 Å². The number of benzene rings is 1. The smallest absolute Gasteiger partial charge is 0.0897 e. The van der Waals surface area contributed by atoms with Gasteiger partial charge in [0.15, 0.2) is 0 Å². The Labute approximate surface area is 87.3 Å². The summed E-state index contributed by atoms with van der Waals surface area (Å²) in [5.74, 6) is 0. The van der Waals surface area contributed by atoms with Crippen LogP contribution in [0.25, 0.3) is 0 Å². The second kappa shape index (κ2) is 3.16. The summed E-state index contributed by atoms with van der Waals surface area (Å²) in [7, 11) is 0. The van der Waals surface area contributed by atoms with E-state index >= 15 is 0 Å². The fraction of sp³-hybridized carbons (Fsp3) is 0.400. The van der Waals surface area contributed by atoms with E-state index in [1.807, 2.05) is 6.07 Å². The minimum Gasteiger partial charge on any atom is -0.385 e. The Morgan fingerprint density at radius 3 is 2.31 bits per heavy atom. The van der Waals surface area contributed by atoms with Gasteiger partial charge in [0, 0.05) is 0 Å². The molecular formula is C10H10Cl2O. The highest BCUT2D eigenvalue weighted by atomic mass is 35.5. The lowest BCUT2D eigenvalue weighted by Crippen LogP contribution is -2.33. The van der Waals surface area contributed by atoms with Crippen LogP contribution in [0.1, 0.15) is 24.8 Å². The average Bonchev–Trinajstić information content (AvgIpc) is 2.06. The molecule has 1 aliphatic rings. The molecule has 70 valence electrons. The zero-order valence-electron chi connectivity index (χ0n) is 7.06. The predicted octanol–water partition coefficient (Wildman–Crippen LogP) is 3.36. The Bertz CT molecular complexity index is 332. The third kappa shape index (κ3) is 1.56. The molecule has 0 aliphatic heterocycles. The van der Waals surface area contributed by atoms with Crippen molar-refractivity contribution in [2.45, 2.75) is 24.9 Å². The van der Waals surface area contributed by atoms with Gasteiger partial charge in [0.2, 0.25) is 0 Å². The number of aliphatic hydroxyl groups is 1. The van der Waals surface area contributed by atoms with Gasteiger partial charge in [-0.25, -0.2) is 0 Å². The van der Waals surface area contributed by atoms with Crippen LogP contribution in [0.4, 0.5) is 0 Å². The first kappa shape index (κ1) is 9.32. The molecule has 13 heavy (non-hydrogen) atoms. The van der Waals surface area contributed by atoms with E-state index in [4.69, 9.17) is 23.2 Å². The topological polar surface area (TPSA) is 20.2 Å². The van der Waals surface area contributed by atoms with Crippen molar-refractivity contribution in [1.29, 1.82) is 0 Å². The number of halogens is 2. The molecule has 0 unspecified atom stereocenters. The maximum absolute atomic E-state index is 9.99. The molecule has 0 heterocycles. The van der Waals surface area contributed by atoms with Crippen molar-refractivity contribution in [3.8, 4) is 0 Å². The van der Waals surface area contributed by atoms with Gasteiger partial charge in [0.1, 0.15) is 0 Å². The van der Waals surface area contributed by atoms with E-state index in [1.54, 1.807) is 12.1 Å². The van der Waals surface area contributed by atoms with E-state index in [-0.39, 0.29) is 0 Å². The highest BCUT2D eigenvalue weighted by Gasteiger charge is 2.36. The first-order valence-electron chi connectivity index (χ1n) is 4.30. The summed E-state index contributed by atoms with van der Waals surface area (Å²) in [4.78, 5) is 0. The standard InChI is InChI=1S/C10H10Cl2O/c11-8-3-2-7(6-9(8)12)10(13)4-1-5-10/h2-3,6,13H,1,4-5H2. The second-order valence-corrected chi connectivity index (χ2v) is 4.33. The highest BCUT2D eigenvalue weighted by molar-refractivity contribution is 6.42. The number of rotatable bonds is 1. The van der Waals surface area contributed by atoms with E-state index in [2.05, 4.69) is 0 Å². The van der Waals surface area contributed by atoms with E-state index in [0.29, 0.717) is 10.0 Å². The summed E-state index contributed by atoms with van der Waals surface area (Å²) in [5.41, 5.74) is 0.238. The van der Waals surface area contributed by atoms with E-state index in [1.165, 1.54) is 0 Å². The van der Waals surface area contributed by atoms with Crippen molar-refractivity contribution in [2.75, 3.05) is 0 Å². The number of hydrogen-bond donors (Lipinski definition) is 1. The van der Waals surface area contributed by atoms with Crippen LogP contribution in [-0.2, 0) is 5.60 Å². The average molecular weight is 217 g/mol. The minimum absolute atomic E-state index is 0.513. The van der Waals surface area contributed by atoms with Crippen molar-refractivity contribution in [3.63, 3.8) is 0 Å². The lowest BCUT2D eigenvalue weighted by Gasteiger charge is -2.37. The summed E-state index contributed by atoms with van der Waals surface area (Å²) < 4.78 is 0. The molecule has 1 N–H and O–H groups in total. The Hall–Kier alpha value is -0.240. The summed E-state index contributed by atoms with van der Waals surface area (Å²) in [6.45, 7) is 0. The van der Waals surface area contributed by atoms with Crippen molar-refractivity contribution < 1.29 is 5.11 Å². The zero-order valence-corrected chi connectivity index (χ0v) is 8.57. The van der Waals surface area contributed by atoms with Gasteiger partial charge in [-0.05, 0) is 37.0 Å². The Kier molecular flexibility index (Phi) is 2.26. The monoisotopic (exact) mass is 216 g/mol. The molecule has 0 radical (unpaired) electrons. The predicted molar refractivity (Wildman–Crippen MR) is 54.2 cm³/mol. The summed E-state index contributed by atoms with van der Waals surface area (Å²) in [5, 5.41) is 11.0. The van der Waals surface area contributed by atoms with Gasteiger partial charge in [-0.2, -0.15) is 0 Å². The fourth-order valence-electron chi connectivity index (χ4n) is 1.59. The van der Waals surface area contributed by atoms with Gasteiger partial charge in [-0.15, -0.1) is 0 Å². The van der Waals surface area contributed by atoms with Crippen LogP contribution in [-0.4, -0.2) is 5.11 Å². The largest absolute Gasteiger partial charge is 0.385 e. The molecule has 1 nitrogen and oxygen atoms in total. The van der Waals surface area contributed by atoms with Gasteiger partial charge in [0.25, 0.3) is 0 Å². The number of hydrogen-bond acceptors (Lipinski definition) is 1. The summed E-state index contributed by atoms with van der Waals surface area (Å²) in [6.07, 6.45) is 2.73. The van der Waals surface area contributed by atoms with Crippen molar-refractivity contribution in [3.05, 3.63) is 33.8 Å². The van der Waals surface area contributed by atoms with Gasteiger partial charge < -0.3 is 5.11 Å². The molecule has 0 aromatic heterocycles.